The fourth-order valence-electron chi connectivity index (χ4n) is 2.91. The third kappa shape index (κ3) is 10.5. The molecule has 35 heavy (non-hydrogen) atoms. The summed E-state index contributed by atoms with van der Waals surface area (Å²) in [4.78, 5) is 40.4. The number of rotatable bonds is 15. The molecule has 4 N–H and O–H groups in total. The number of nitrogens with zero attached hydrogens (tertiary/aromatic N) is 1. The number of pyridine rings is 1. The minimum Gasteiger partial charge on any atom is -0.465 e. The van der Waals surface area contributed by atoms with Crippen molar-refractivity contribution >= 4 is 33.6 Å². The molecule has 12 heteroatoms. The molecule has 0 aliphatic carbocycles. The second-order valence-electron chi connectivity index (χ2n) is 7.42. The average molecular weight is 506 g/mol. The highest BCUT2D eigenvalue weighted by atomic mass is 32.2. The molecule has 0 aliphatic heterocycles. The van der Waals surface area contributed by atoms with Gasteiger partial charge in [-0.1, -0.05) is 24.3 Å². The maximum absolute atomic E-state index is 12.5. The van der Waals surface area contributed by atoms with Gasteiger partial charge in [-0.2, -0.15) is 4.72 Å². The van der Waals surface area contributed by atoms with E-state index in [2.05, 4.69) is 25.7 Å². The zero-order chi connectivity index (χ0) is 25.5. The van der Waals surface area contributed by atoms with Gasteiger partial charge in [-0.05, 0) is 44.0 Å². The third-order valence-electron chi connectivity index (χ3n) is 4.67. The standard InChI is InChI=1S/C23H31N5O6S/c1-2-34-23(31)19(28-35(32,33)18-10-4-3-5-11-18)16-26-22(30)17-27-21(29)13-7-9-15-25-20-12-6-8-14-24-20/h3-6,8,10-12,14,19,28H,2,7,9,13,15-17H2,1H3,(H,24,25)(H,26,30)(H,27,29). The SMILES string of the molecule is CCOC(=O)C(CNC(=O)CNC(=O)CCCCNc1ccccn1)NS(=O)(=O)c1ccccc1. The fraction of sp³-hybridized carbons (Fsp3) is 0.391. The molecular weight excluding hydrogens is 474 g/mol. The van der Waals surface area contributed by atoms with Crippen molar-refractivity contribution in [3.05, 3.63) is 54.7 Å². The predicted molar refractivity (Wildman–Crippen MR) is 130 cm³/mol. The van der Waals surface area contributed by atoms with Crippen LogP contribution >= 0.6 is 0 Å². The van der Waals surface area contributed by atoms with E-state index < -0.39 is 27.9 Å². The molecule has 1 heterocycles. The van der Waals surface area contributed by atoms with E-state index in [1.165, 1.54) is 12.1 Å². The van der Waals surface area contributed by atoms with Crippen molar-refractivity contribution in [1.82, 2.24) is 20.3 Å². The van der Waals surface area contributed by atoms with Gasteiger partial charge >= 0.3 is 5.97 Å². The Kier molecular flexibility index (Phi) is 11.6. The highest BCUT2D eigenvalue weighted by Crippen LogP contribution is 2.08. The van der Waals surface area contributed by atoms with E-state index in [0.29, 0.717) is 13.0 Å². The zero-order valence-corrected chi connectivity index (χ0v) is 20.3. The molecular formula is C23H31N5O6S. The lowest BCUT2D eigenvalue weighted by atomic mass is 10.2. The van der Waals surface area contributed by atoms with Gasteiger partial charge in [-0.25, -0.2) is 13.4 Å². The molecule has 1 unspecified atom stereocenters. The number of hydrogen-bond donors (Lipinski definition) is 4. The smallest absolute Gasteiger partial charge is 0.326 e. The van der Waals surface area contributed by atoms with Crippen LogP contribution in [-0.2, 0) is 29.1 Å². The largest absolute Gasteiger partial charge is 0.465 e. The Morgan fingerprint density at radius 3 is 2.40 bits per heavy atom. The van der Waals surface area contributed by atoms with E-state index in [-0.39, 0.29) is 36.9 Å². The van der Waals surface area contributed by atoms with Gasteiger partial charge in [0.1, 0.15) is 11.9 Å². The van der Waals surface area contributed by atoms with Crippen molar-refractivity contribution < 1.29 is 27.5 Å². The van der Waals surface area contributed by atoms with Crippen molar-refractivity contribution in [2.45, 2.75) is 37.1 Å². The van der Waals surface area contributed by atoms with Crippen LogP contribution in [0.25, 0.3) is 0 Å². The summed E-state index contributed by atoms with van der Waals surface area (Å²) >= 11 is 0. The van der Waals surface area contributed by atoms with E-state index in [9.17, 15) is 22.8 Å². The first-order chi connectivity index (χ1) is 16.8. The summed E-state index contributed by atoms with van der Waals surface area (Å²) in [5.41, 5.74) is 0. The average Bonchev–Trinajstić information content (AvgIpc) is 2.86. The summed E-state index contributed by atoms with van der Waals surface area (Å²) in [5, 5.41) is 8.10. The van der Waals surface area contributed by atoms with Gasteiger partial charge in [-0.3, -0.25) is 14.4 Å². The number of anilines is 1. The highest BCUT2D eigenvalue weighted by molar-refractivity contribution is 7.89. The molecule has 0 saturated heterocycles. The summed E-state index contributed by atoms with van der Waals surface area (Å²) in [7, 11) is -4.01. The number of unbranched alkanes of at least 4 members (excludes halogenated alkanes) is 1. The summed E-state index contributed by atoms with van der Waals surface area (Å²) < 4.78 is 32.2. The minimum atomic E-state index is -4.01. The molecule has 0 saturated carbocycles. The Morgan fingerprint density at radius 2 is 1.71 bits per heavy atom. The summed E-state index contributed by atoms with van der Waals surface area (Å²) in [6.07, 6.45) is 3.31. The second-order valence-corrected chi connectivity index (χ2v) is 9.13. The minimum absolute atomic E-state index is 0.0249. The summed E-state index contributed by atoms with van der Waals surface area (Å²) in [6.45, 7) is 1.66. The van der Waals surface area contributed by atoms with Crippen LogP contribution in [0.4, 0.5) is 5.82 Å². The van der Waals surface area contributed by atoms with E-state index in [1.54, 1.807) is 31.3 Å². The number of sulfonamides is 1. The third-order valence-corrected chi connectivity index (χ3v) is 6.16. The summed E-state index contributed by atoms with van der Waals surface area (Å²) in [5.74, 6) is -0.912. The maximum atomic E-state index is 12.5. The van der Waals surface area contributed by atoms with Crippen molar-refractivity contribution in [2.24, 2.45) is 0 Å². The molecule has 2 amide bonds. The maximum Gasteiger partial charge on any atom is 0.326 e. The molecule has 190 valence electrons. The van der Waals surface area contributed by atoms with Crippen LogP contribution in [0.2, 0.25) is 0 Å². The Balaban J connectivity index is 1.72. The number of benzene rings is 1. The lowest BCUT2D eigenvalue weighted by Crippen LogP contribution is -2.50. The first-order valence-corrected chi connectivity index (χ1v) is 12.7. The Labute approximate surface area is 205 Å². The highest BCUT2D eigenvalue weighted by Gasteiger charge is 2.27. The van der Waals surface area contributed by atoms with Crippen LogP contribution in [0.5, 0.6) is 0 Å². The van der Waals surface area contributed by atoms with Gasteiger partial charge in [0.05, 0.1) is 18.0 Å². The number of hydrogen-bond acceptors (Lipinski definition) is 8. The number of carbonyl (C=O) groups is 3. The van der Waals surface area contributed by atoms with Gasteiger partial charge in [-0.15, -0.1) is 0 Å². The van der Waals surface area contributed by atoms with Gasteiger partial charge in [0, 0.05) is 25.7 Å². The number of nitrogens with one attached hydrogen (secondary N) is 4. The summed E-state index contributed by atoms with van der Waals surface area (Å²) in [6, 6.07) is 11.8. The van der Waals surface area contributed by atoms with E-state index in [1.807, 2.05) is 18.2 Å². The topological polar surface area (TPSA) is 156 Å². The number of esters is 1. The lowest BCUT2D eigenvalue weighted by Gasteiger charge is -2.18. The normalized spacial score (nSPS) is 11.8. The quantitative estimate of drug-likeness (QED) is 0.205. The molecule has 11 nitrogen and oxygen atoms in total. The van der Waals surface area contributed by atoms with Crippen molar-refractivity contribution in [3.8, 4) is 0 Å². The van der Waals surface area contributed by atoms with Crippen LogP contribution in [0.1, 0.15) is 26.2 Å². The first-order valence-electron chi connectivity index (χ1n) is 11.2. The Hall–Kier alpha value is -3.51. The van der Waals surface area contributed by atoms with Gasteiger partial charge in [0.15, 0.2) is 0 Å². The molecule has 0 spiro atoms. The lowest BCUT2D eigenvalue weighted by molar-refractivity contribution is -0.145. The molecule has 0 bridgehead atoms. The van der Waals surface area contributed by atoms with Crippen LogP contribution in [0.15, 0.2) is 59.6 Å². The molecule has 0 radical (unpaired) electrons. The van der Waals surface area contributed by atoms with Gasteiger partial charge in [0.25, 0.3) is 0 Å². The Morgan fingerprint density at radius 1 is 0.971 bits per heavy atom. The van der Waals surface area contributed by atoms with E-state index >= 15 is 0 Å². The van der Waals surface area contributed by atoms with E-state index in [4.69, 9.17) is 4.74 Å². The molecule has 2 rings (SSSR count). The first kappa shape index (κ1) is 27.7. The fourth-order valence-corrected chi connectivity index (χ4v) is 4.12. The zero-order valence-electron chi connectivity index (χ0n) is 19.5. The van der Waals surface area contributed by atoms with Crippen LogP contribution in [-0.4, -0.2) is 63.5 Å². The number of amides is 2. The second kappa shape index (κ2) is 14.7. The molecule has 1 atom stereocenters. The van der Waals surface area contributed by atoms with Crippen LogP contribution < -0.4 is 20.7 Å². The van der Waals surface area contributed by atoms with Gasteiger partial charge < -0.3 is 20.7 Å². The number of carbonyl (C=O) groups excluding carboxylic acids is 3. The Bertz CT molecular complexity index is 1050. The van der Waals surface area contributed by atoms with Crippen molar-refractivity contribution in [2.75, 3.05) is 31.6 Å². The monoisotopic (exact) mass is 505 g/mol. The molecule has 0 fully saturated rings. The number of aromatic nitrogens is 1. The molecule has 1 aromatic heterocycles. The van der Waals surface area contributed by atoms with E-state index in [0.717, 1.165) is 12.2 Å². The molecule has 1 aromatic carbocycles. The van der Waals surface area contributed by atoms with Crippen molar-refractivity contribution in [3.63, 3.8) is 0 Å². The number of ether oxygens (including phenoxy) is 1. The predicted octanol–water partition coefficient (Wildman–Crippen LogP) is 0.806. The molecule has 2 aromatic rings. The van der Waals surface area contributed by atoms with Crippen molar-refractivity contribution in [1.29, 1.82) is 0 Å². The molecule has 0 aliphatic rings. The van der Waals surface area contributed by atoms with Crippen LogP contribution in [0.3, 0.4) is 0 Å². The van der Waals surface area contributed by atoms with Crippen LogP contribution in [0, 0.1) is 0 Å². The van der Waals surface area contributed by atoms with Gasteiger partial charge in [0.2, 0.25) is 21.8 Å².